The SMILES string of the molecule is Cc1cc(-n2c(-c3nonc3N)noc2=O)ccc1F. The molecule has 2 aromatic heterocycles. The molecular weight excluding hydrogens is 269 g/mol. The van der Waals surface area contributed by atoms with E-state index in [0.717, 1.165) is 4.57 Å². The smallest absolute Gasteiger partial charge is 0.379 e. The van der Waals surface area contributed by atoms with Gasteiger partial charge in [0, 0.05) is 0 Å². The van der Waals surface area contributed by atoms with Crippen molar-refractivity contribution in [1.82, 2.24) is 20.0 Å². The van der Waals surface area contributed by atoms with Crippen LogP contribution in [-0.4, -0.2) is 20.0 Å². The minimum Gasteiger partial charge on any atom is -0.379 e. The maximum atomic E-state index is 13.3. The van der Waals surface area contributed by atoms with Crippen LogP contribution in [0.25, 0.3) is 17.2 Å². The number of aryl methyl sites for hydroxylation is 1. The number of benzene rings is 1. The van der Waals surface area contributed by atoms with Crippen molar-refractivity contribution in [2.24, 2.45) is 0 Å². The van der Waals surface area contributed by atoms with Gasteiger partial charge >= 0.3 is 5.76 Å². The van der Waals surface area contributed by atoms with E-state index in [1.54, 1.807) is 6.92 Å². The standard InChI is InChI=1S/C11H8FN5O3/c1-5-4-6(2-3-7(5)12)17-10(16-19-11(17)18)8-9(13)15-20-14-8/h2-4H,1H3,(H2,13,15). The largest absolute Gasteiger partial charge is 0.446 e. The molecule has 2 heterocycles. The Kier molecular flexibility index (Phi) is 2.60. The van der Waals surface area contributed by atoms with Gasteiger partial charge in [-0.15, -0.1) is 0 Å². The first-order valence-corrected chi connectivity index (χ1v) is 5.51. The molecule has 3 rings (SSSR count). The molecule has 3 aromatic rings. The van der Waals surface area contributed by atoms with Crippen LogP contribution in [0, 0.1) is 12.7 Å². The number of aromatic nitrogens is 4. The highest BCUT2D eigenvalue weighted by atomic mass is 19.1. The van der Waals surface area contributed by atoms with Crippen LogP contribution in [-0.2, 0) is 0 Å². The van der Waals surface area contributed by atoms with Crippen molar-refractivity contribution >= 4 is 5.82 Å². The van der Waals surface area contributed by atoms with E-state index in [2.05, 4.69) is 24.6 Å². The van der Waals surface area contributed by atoms with E-state index in [-0.39, 0.29) is 23.2 Å². The number of nitrogen functional groups attached to an aromatic ring is 1. The zero-order chi connectivity index (χ0) is 14.3. The molecule has 8 nitrogen and oxygen atoms in total. The fourth-order valence-corrected chi connectivity index (χ4v) is 1.75. The summed E-state index contributed by atoms with van der Waals surface area (Å²) in [4.78, 5) is 11.8. The first-order chi connectivity index (χ1) is 9.58. The van der Waals surface area contributed by atoms with Crippen LogP contribution in [0.2, 0.25) is 0 Å². The lowest BCUT2D eigenvalue weighted by atomic mass is 10.2. The van der Waals surface area contributed by atoms with Gasteiger partial charge in [0.1, 0.15) is 5.82 Å². The minimum atomic E-state index is -0.756. The highest BCUT2D eigenvalue weighted by Gasteiger charge is 2.21. The molecule has 0 aliphatic heterocycles. The molecule has 0 saturated carbocycles. The zero-order valence-corrected chi connectivity index (χ0v) is 10.2. The van der Waals surface area contributed by atoms with Crippen molar-refractivity contribution in [3.63, 3.8) is 0 Å². The van der Waals surface area contributed by atoms with Crippen LogP contribution in [0.15, 0.2) is 32.1 Å². The Morgan fingerprint density at radius 2 is 2.10 bits per heavy atom. The Balaban J connectivity index is 2.24. The molecule has 0 aliphatic rings. The van der Waals surface area contributed by atoms with E-state index in [4.69, 9.17) is 5.73 Å². The van der Waals surface area contributed by atoms with Crippen molar-refractivity contribution in [3.05, 3.63) is 40.1 Å². The summed E-state index contributed by atoms with van der Waals surface area (Å²) in [5.41, 5.74) is 6.36. The van der Waals surface area contributed by atoms with E-state index in [1.807, 2.05) is 0 Å². The molecule has 0 saturated heterocycles. The Morgan fingerprint density at radius 3 is 2.75 bits per heavy atom. The maximum Gasteiger partial charge on any atom is 0.446 e. The van der Waals surface area contributed by atoms with Crippen molar-refractivity contribution in [2.75, 3.05) is 5.73 Å². The lowest BCUT2D eigenvalue weighted by molar-refractivity contribution is 0.310. The van der Waals surface area contributed by atoms with E-state index in [9.17, 15) is 9.18 Å². The van der Waals surface area contributed by atoms with Crippen molar-refractivity contribution < 1.29 is 13.5 Å². The fraction of sp³-hybridized carbons (Fsp3) is 0.0909. The molecule has 0 unspecified atom stereocenters. The summed E-state index contributed by atoms with van der Waals surface area (Å²) in [5, 5.41) is 10.5. The Morgan fingerprint density at radius 1 is 1.30 bits per heavy atom. The molecule has 102 valence electrons. The van der Waals surface area contributed by atoms with Crippen molar-refractivity contribution in [3.8, 4) is 17.2 Å². The molecule has 9 heteroatoms. The second kappa shape index (κ2) is 4.30. The van der Waals surface area contributed by atoms with Crippen molar-refractivity contribution in [2.45, 2.75) is 6.92 Å². The molecule has 0 radical (unpaired) electrons. The summed E-state index contributed by atoms with van der Waals surface area (Å²) in [7, 11) is 0. The van der Waals surface area contributed by atoms with Crippen LogP contribution in [0.4, 0.5) is 10.2 Å². The van der Waals surface area contributed by atoms with Crippen LogP contribution < -0.4 is 11.5 Å². The Labute approximate surface area is 110 Å². The monoisotopic (exact) mass is 277 g/mol. The average Bonchev–Trinajstić information content (AvgIpc) is 2.99. The van der Waals surface area contributed by atoms with Crippen LogP contribution in [0.1, 0.15) is 5.56 Å². The van der Waals surface area contributed by atoms with Gasteiger partial charge in [-0.05, 0) is 41.0 Å². The van der Waals surface area contributed by atoms with Gasteiger partial charge in [0.05, 0.1) is 5.69 Å². The highest BCUT2D eigenvalue weighted by molar-refractivity contribution is 5.63. The summed E-state index contributed by atoms with van der Waals surface area (Å²) in [6, 6.07) is 4.12. The number of anilines is 1. The Bertz CT molecular complexity index is 835. The Hall–Kier alpha value is -2.97. The molecule has 0 spiro atoms. The highest BCUT2D eigenvalue weighted by Crippen LogP contribution is 2.22. The van der Waals surface area contributed by atoms with Gasteiger partial charge in [-0.2, -0.15) is 0 Å². The third-order valence-electron chi connectivity index (χ3n) is 2.73. The normalized spacial score (nSPS) is 10.9. The lowest BCUT2D eigenvalue weighted by Crippen LogP contribution is -2.14. The predicted molar refractivity (Wildman–Crippen MR) is 64.5 cm³/mol. The van der Waals surface area contributed by atoms with Gasteiger partial charge < -0.3 is 5.73 Å². The number of hydrogen-bond donors (Lipinski definition) is 1. The molecule has 0 aliphatic carbocycles. The van der Waals surface area contributed by atoms with Crippen LogP contribution in [0.5, 0.6) is 0 Å². The van der Waals surface area contributed by atoms with E-state index < -0.39 is 5.76 Å². The maximum absolute atomic E-state index is 13.3. The number of nitrogens with zero attached hydrogens (tertiary/aromatic N) is 4. The van der Waals surface area contributed by atoms with Gasteiger partial charge in [0.25, 0.3) is 0 Å². The predicted octanol–water partition coefficient (Wildman–Crippen LogP) is 0.905. The summed E-state index contributed by atoms with van der Waals surface area (Å²) >= 11 is 0. The third-order valence-corrected chi connectivity index (χ3v) is 2.73. The number of halogens is 1. The van der Waals surface area contributed by atoms with Gasteiger partial charge in [0.2, 0.25) is 5.82 Å². The summed E-state index contributed by atoms with van der Waals surface area (Å²) in [5.74, 6) is -1.15. The van der Waals surface area contributed by atoms with Crippen LogP contribution >= 0.6 is 0 Å². The molecular formula is C11H8FN5O3. The van der Waals surface area contributed by atoms with Gasteiger partial charge in [-0.25, -0.2) is 18.4 Å². The van der Waals surface area contributed by atoms with E-state index in [1.165, 1.54) is 18.2 Å². The number of rotatable bonds is 2. The summed E-state index contributed by atoms with van der Waals surface area (Å²) < 4.78 is 23.5. The number of nitrogens with two attached hydrogens (primary N) is 1. The molecule has 0 fully saturated rings. The fourth-order valence-electron chi connectivity index (χ4n) is 1.75. The lowest BCUT2D eigenvalue weighted by Gasteiger charge is -2.04. The second-order valence-corrected chi connectivity index (χ2v) is 4.04. The first kappa shape index (κ1) is 12.1. The number of hydrogen-bond acceptors (Lipinski definition) is 7. The first-order valence-electron chi connectivity index (χ1n) is 5.51. The summed E-state index contributed by atoms with van der Waals surface area (Å²) in [6.07, 6.45) is 0. The summed E-state index contributed by atoms with van der Waals surface area (Å²) in [6.45, 7) is 1.57. The topological polar surface area (TPSA) is 113 Å². The quantitative estimate of drug-likeness (QED) is 0.740. The molecule has 0 bridgehead atoms. The molecule has 20 heavy (non-hydrogen) atoms. The van der Waals surface area contributed by atoms with Gasteiger partial charge in [0.15, 0.2) is 11.5 Å². The van der Waals surface area contributed by atoms with Crippen molar-refractivity contribution in [1.29, 1.82) is 0 Å². The van der Waals surface area contributed by atoms with Gasteiger partial charge in [-0.1, -0.05) is 5.16 Å². The third kappa shape index (κ3) is 1.76. The average molecular weight is 277 g/mol. The zero-order valence-electron chi connectivity index (χ0n) is 10.2. The molecule has 0 atom stereocenters. The van der Waals surface area contributed by atoms with E-state index in [0.29, 0.717) is 11.3 Å². The molecule has 2 N–H and O–H groups in total. The van der Waals surface area contributed by atoms with Gasteiger partial charge in [-0.3, -0.25) is 4.52 Å². The minimum absolute atomic E-state index is 0.0276. The van der Waals surface area contributed by atoms with Crippen LogP contribution in [0.3, 0.4) is 0 Å². The van der Waals surface area contributed by atoms with E-state index >= 15 is 0 Å². The molecule has 1 aromatic carbocycles. The molecule has 0 amide bonds. The second-order valence-electron chi connectivity index (χ2n) is 4.04.